The van der Waals surface area contributed by atoms with Gasteiger partial charge in [-0.1, -0.05) is 92.7 Å². The number of imidazole rings is 2. The predicted molar refractivity (Wildman–Crippen MR) is 232 cm³/mol. The third-order valence-corrected chi connectivity index (χ3v) is 13.0. The normalized spacial score (nSPS) is 22.6. The molecular formula is C48H54N8O6. The van der Waals surface area contributed by atoms with Gasteiger partial charge in [0.2, 0.25) is 11.8 Å². The number of aromatic nitrogens is 4. The lowest BCUT2D eigenvalue weighted by Crippen LogP contribution is -2.51. The second-order valence-electron chi connectivity index (χ2n) is 17.6. The lowest BCUT2D eigenvalue weighted by atomic mass is 10.0. The molecule has 2 aliphatic heterocycles. The van der Waals surface area contributed by atoms with Crippen molar-refractivity contribution in [1.29, 1.82) is 0 Å². The van der Waals surface area contributed by atoms with E-state index in [1.807, 2.05) is 55.3 Å². The summed E-state index contributed by atoms with van der Waals surface area (Å²) in [7, 11) is 2.95. The fourth-order valence-corrected chi connectivity index (χ4v) is 9.36. The van der Waals surface area contributed by atoms with Gasteiger partial charge in [0, 0.05) is 31.5 Å². The Morgan fingerprint density at radius 3 is 1.90 bits per heavy atom. The van der Waals surface area contributed by atoms with Gasteiger partial charge < -0.3 is 39.9 Å². The van der Waals surface area contributed by atoms with Crippen LogP contribution in [-0.2, 0) is 23.9 Å². The number of carbonyl (C=O) groups is 4. The average molecular weight is 839 g/mol. The number of hydrogen-bond acceptors (Lipinski definition) is 8. The number of benzene rings is 3. The number of nitrogens with one attached hydrogen (secondary N) is 4. The van der Waals surface area contributed by atoms with Crippen molar-refractivity contribution in [1.82, 2.24) is 40.4 Å². The van der Waals surface area contributed by atoms with E-state index in [9.17, 15) is 19.2 Å². The first-order valence-corrected chi connectivity index (χ1v) is 21.7. The summed E-state index contributed by atoms with van der Waals surface area (Å²) in [4.78, 5) is 73.6. The highest BCUT2D eigenvalue weighted by atomic mass is 16.5. The molecule has 0 radical (unpaired) electrons. The van der Waals surface area contributed by atoms with Gasteiger partial charge in [0.1, 0.15) is 23.7 Å². The number of piperidine rings is 1. The smallest absolute Gasteiger partial charge is 0.407 e. The summed E-state index contributed by atoms with van der Waals surface area (Å²) in [6.07, 6.45) is 7.25. The van der Waals surface area contributed by atoms with Crippen LogP contribution in [0.25, 0.3) is 33.6 Å². The summed E-state index contributed by atoms with van der Waals surface area (Å²) in [5.74, 6) is 1.57. The van der Waals surface area contributed by atoms with Crippen molar-refractivity contribution in [3.8, 4) is 33.6 Å². The van der Waals surface area contributed by atoms with Crippen LogP contribution in [0, 0.1) is 23.7 Å². The monoisotopic (exact) mass is 838 g/mol. The van der Waals surface area contributed by atoms with Gasteiger partial charge in [-0.3, -0.25) is 14.4 Å². The lowest BCUT2D eigenvalue weighted by Gasteiger charge is -2.31. The Morgan fingerprint density at radius 1 is 0.742 bits per heavy atom. The summed E-state index contributed by atoms with van der Waals surface area (Å²) in [5.41, 5.74) is 6.57. The van der Waals surface area contributed by atoms with E-state index in [4.69, 9.17) is 19.4 Å². The van der Waals surface area contributed by atoms with Crippen molar-refractivity contribution in [2.75, 3.05) is 27.4 Å². The second-order valence-corrected chi connectivity index (χ2v) is 17.6. The molecule has 4 amide bonds. The number of rotatable bonds is 14. The van der Waals surface area contributed by atoms with E-state index in [1.54, 1.807) is 18.2 Å². The van der Waals surface area contributed by atoms with Crippen molar-refractivity contribution in [2.24, 2.45) is 23.7 Å². The van der Waals surface area contributed by atoms with E-state index in [0.29, 0.717) is 31.3 Å². The van der Waals surface area contributed by atoms with E-state index < -0.39 is 18.2 Å². The van der Waals surface area contributed by atoms with Gasteiger partial charge >= 0.3 is 6.09 Å². The molecule has 0 spiro atoms. The van der Waals surface area contributed by atoms with E-state index >= 15 is 0 Å². The standard InChI is InChI=1S/C48H54N8O6/c1-27(2)41(54-48(60)62-4)46(58)55-25-28(26-61-3)20-39(55)43-49-23-36(51-43)31-14-10-29(11-15-31)30-12-16-32(17-13-30)37-24-50-44(52-37)40-22-35-21-38(35)56(40)47(59)42(33-8-6-5-7-9-33)53-45(57)34-18-19-34/h5-17,23-24,27-28,34-35,38-42H,18-22,25-26H2,1-4H3,(H,49,51)(H,50,52)(H,53,57)(H,54,60)/t28-,35+,38+,39-,40-,41-,42+/m0/s1. The average Bonchev–Trinajstić information content (AvgIpc) is 4.01. The third kappa shape index (κ3) is 8.35. The van der Waals surface area contributed by atoms with Crippen molar-refractivity contribution >= 4 is 23.8 Å². The van der Waals surface area contributed by atoms with Gasteiger partial charge in [0.25, 0.3) is 5.91 Å². The van der Waals surface area contributed by atoms with Crippen LogP contribution in [0.4, 0.5) is 4.79 Å². The van der Waals surface area contributed by atoms with Crippen LogP contribution in [-0.4, -0.2) is 93.0 Å². The van der Waals surface area contributed by atoms with Crippen LogP contribution >= 0.6 is 0 Å². The summed E-state index contributed by atoms with van der Waals surface area (Å²) in [6, 6.07) is 24.4. The summed E-state index contributed by atoms with van der Waals surface area (Å²) in [5, 5.41) is 5.80. The van der Waals surface area contributed by atoms with Gasteiger partial charge in [-0.25, -0.2) is 14.8 Å². The number of likely N-dealkylation sites (tertiary alicyclic amines) is 2. The molecule has 2 saturated carbocycles. The molecule has 14 heteroatoms. The summed E-state index contributed by atoms with van der Waals surface area (Å²) in [6.45, 7) is 4.80. The molecule has 62 heavy (non-hydrogen) atoms. The van der Waals surface area contributed by atoms with E-state index in [0.717, 1.165) is 70.7 Å². The summed E-state index contributed by atoms with van der Waals surface area (Å²) >= 11 is 0. The van der Waals surface area contributed by atoms with Crippen LogP contribution in [0.15, 0.2) is 91.3 Å². The molecule has 3 aromatic carbocycles. The Hall–Kier alpha value is -6.28. The quantitative estimate of drug-likeness (QED) is 0.0927. The topological polar surface area (TPSA) is 175 Å². The Balaban J connectivity index is 0.873. The van der Waals surface area contributed by atoms with Gasteiger partial charge in [0.05, 0.1) is 49.6 Å². The number of hydrogen-bond donors (Lipinski definition) is 4. The number of carbonyl (C=O) groups excluding carboxylic acids is 4. The maximum atomic E-state index is 14.3. The van der Waals surface area contributed by atoms with Crippen LogP contribution < -0.4 is 10.6 Å². The molecule has 4 fully saturated rings. The minimum Gasteiger partial charge on any atom is -0.453 e. The minimum absolute atomic E-state index is 0.0000832. The third-order valence-electron chi connectivity index (χ3n) is 13.0. The fraction of sp³-hybridized carbons (Fsp3) is 0.417. The van der Waals surface area contributed by atoms with Crippen molar-refractivity contribution in [2.45, 2.75) is 76.2 Å². The maximum absolute atomic E-state index is 14.3. The number of alkyl carbamates (subject to hydrolysis) is 1. The molecule has 0 bridgehead atoms. The van der Waals surface area contributed by atoms with E-state index in [2.05, 4.69) is 69.1 Å². The number of H-pyrrole nitrogens is 2. The lowest BCUT2D eigenvalue weighted by molar-refractivity contribution is -0.139. The number of methoxy groups -OCH3 is 2. The van der Waals surface area contributed by atoms with Crippen LogP contribution in [0.1, 0.15) is 81.3 Å². The van der Waals surface area contributed by atoms with Crippen molar-refractivity contribution < 1.29 is 28.7 Å². The highest BCUT2D eigenvalue weighted by molar-refractivity contribution is 5.91. The molecule has 2 aliphatic carbocycles. The minimum atomic E-state index is -0.739. The fourth-order valence-electron chi connectivity index (χ4n) is 9.36. The zero-order chi connectivity index (χ0) is 43.1. The molecule has 14 nitrogen and oxygen atoms in total. The number of aromatic amines is 2. The molecule has 5 aromatic rings. The van der Waals surface area contributed by atoms with Gasteiger partial charge in [-0.05, 0) is 71.8 Å². The highest BCUT2D eigenvalue weighted by Gasteiger charge is 2.56. The SMILES string of the molecule is COC[C@H]1C[C@@H](c2ncc(-c3ccc(-c4ccc(-c5cnc([C@@H]6C[C@H]7C[C@H]7N6C(=O)[C@H](NC(=O)C6CC6)c6ccccc6)[nH]5)cc4)cc3)[nH]2)N(C(=O)[C@@H](NC(=O)OC)C(C)C)C1. The maximum Gasteiger partial charge on any atom is 0.407 e. The van der Waals surface area contributed by atoms with Crippen LogP contribution in [0.2, 0.25) is 0 Å². The molecule has 2 saturated heterocycles. The molecular weight excluding hydrogens is 785 g/mol. The zero-order valence-corrected chi connectivity index (χ0v) is 35.5. The largest absolute Gasteiger partial charge is 0.453 e. The Morgan fingerprint density at radius 2 is 1.34 bits per heavy atom. The Kier molecular flexibility index (Phi) is 11.4. The van der Waals surface area contributed by atoms with Gasteiger partial charge in [0.15, 0.2) is 0 Å². The number of ether oxygens (including phenoxy) is 2. The predicted octanol–water partition coefficient (Wildman–Crippen LogP) is 6.98. The first-order chi connectivity index (χ1) is 30.1. The van der Waals surface area contributed by atoms with Gasteiger partial charge in [-0.15, -0.1) is 0 Å². The molecule has 322 valence electrons. The molecule has 0 unspecified atom stereocenters. The van der Waals surface area contributed by atoms with Crippen LogP contribution in [0.5, 0.6) is 0 Å². The molecule has 7 atom stereocenters. The zero-order valence-electron chi connectivity index (χ0n) is 35.5. The molecule has 9 rings (SSSR count). The number of nitrogens with zero attached hydrogens (tertiary/aromatic N) is 4. The first-order valence-electron chi connectivity index (χ1n) is 21.7. The molecule has 4 N–H and O–H groups in total. The van der Waals surface area contributed by atoms with Crippen LogP contribution in [0.3, 0.4) is 0 Å². The number of fused-ring (bicyclic) bond motifs is 1. The van der Waals surface area contributed by atoms with Gasteiger partial charge in [-0.2, -0.15) is 0 Å². The first kappa shape index (κ1) is 41.1. The molecule has 2 aromatic heterocycles. The summed E-state index contributed by atoms with van der Waals surface area (Å²) < 4.78 is 10.3. The van der Waals surface area contributed by atoms with Crippen molar-refractivity contribution in [3.05, 3.63) is 108 Å². The Bertz CT molecular complexity index is 2410. The van der Waals surface area contributed by atoms with E-state index in [-0.39, 0.29) is 53.6 Å². The Labute approximate surface area is 361 Å². The van der Waals surface area contributed by atoms with E-state index in [1.165, 1.54) is 7.11 Å². The highest BCUT2D eigenvalue weighted by Crippen LogP contribution is 2.54. The molecule has 4 heterocycles. The molecule has 4 aliphatic rings. The van der Waals surface area contributed by atoms with Crippen molar-refractivity contribution in [3.63, 3.8) is 0 Å². The number of amides is 4. The second kappa shape index (κ2) is 17.2.